The number of carbonyl (C=O) groups excluding carboxylic acids is 3. The average molecular weight is 366 g/mol. The minimum Gasteiger partial charge on any atom is -0.452 e. The lowest BCUT2D eigenvalue weighted by molar-refractivity contribution is -0.199. The van der Waals surface area contributed by atoms with Gasteiger partial charge in [0.1, 0.15) is 0 Å². The van der Waals surface area contributed by atoms with Gasteiger partial charge in [-0.15, -0.1) is 0 Å². The summed E-state index contributed by atoms with van der Waals surface area (Å²) in [5.41, 5.74) is -1.92. The zero-order valence-electron chi connectivity index (χ0n) is 16.1. The number of rotatable bonds is 3. The van der Waals surface area contributed by atoms with Gasteiger partial charge in [0.05, 0.1) is 11.0 Å². The Morgan fingerprint density at radius 3 is 2.19 bits per heavy atom. The highest BCUT2D eigenvalue weighted by atomic mass is 16.5. The van der Waals surface area contributed by atoms with Gasteiger partial charge in [0.15, 0.2) is 6.10 Å². The van der Waals surface area contributed by atoms with Crippen molar-refractivity contribution in [3.8, 4) is 0 Å². The number of aliphatic hydroxyl groups is 1. The lowest BCUT2D eigenvalue weighted by Gasteiger charge is -2.58. The molecule has 3 N–H and O–H groups in total. The standard InChI is InChI=1S/C19H30N2O5/c1-11(14(22)20-16(24)21-17(2,3)4)26-15(23)18-6-12-5-13(7-18)9-19(25,8-12)10-18/h11-13,25H,5-10H2,1-4H3,(H2,20,21,22,24)/t11-,12-,13+,18?,19?/m0/s1. The molecule has 7 nitrogen and oxygen atoms in total. The number of amides is 3. The second kappa shape index (κ2) is 6.22. The van der Waals surface area contributed by atoms with Crippen LogP contribution in [0.15, 0.2) is 0 Å². The maximum Gasteiger partial charge on any atom is 0.321 e. The van der Waals surface area contributed by atoms with Crippen LogP contribution in [0.4, 0.5) is 4.79 Å². The minimum atomic E-state index is -1.06. The predicted octanol–water partition coefficient (Wildman–Crippen LogP) is 1.87. The summed E-state index contributed by atoms with van der Waals surface area (Å²) >= 11 is 0. The van der Waals surface area contributed by atoms with Gasteiger partial charge in [-0.1, -0.05) is 0 Å². The van der Waals surface area contributed by atoms with E-state index in [2.05, 4.69) is 10.6 Å². The topological polar surface area (TPSA) is 105 Å². The molecule has 4 rings (SSSR count). The SMILES string of the molecule is C[C@H](OC(=O)C12C[C@@H]3C[C@@H](CC(O)(C3)C1)C2)C(=O)NC(=O)NC(C)(C)C. The van der Waals surface area contributed by atoms with E-state index >= 15 is 0 Å². The van der Waals surface area contributed by atoms with Crippen LogP contribution in [0.2, 0.25) is 0 Å². The van der Waals surface area contributed by atoms with E-state index < -0.39 is 40.6 Å². The van der Waals surface area contributed by atoms with Crippen LogP contribution in [-0.2, 0) is 14.3 Å². The van der Waals surface area contributed by atoms with Crippen LogP contribution in [0.1, 0.15) is 66.2 Å². The molecule has 26 heavy (non-hydrogen) atoms. The third kappa shape index (κ3) is 3.87. The Morgan fingerprint density at radius 1 is 1.12 bits per heavy atom. The average Bonchev–Trinajstić information content (AvgIpc) is 2.41. The van der Waals surface area contributed by atoms with Gasteiger partial charge in [-0.05, 0) is 78.1 Å². The van der Waals surface area contributed by atoms with Crippen LogP contribution in [0.3, 0.4) is 0 Å². The summed E-state index contributed by atoms with van der Waals surface area (Å²) in [4.78, 5) is 36.8. The summed E-state index contributed by atoms with van der Waals surface area (Å²) < 4.78 is 5.43. The van der Waals surface area contributed by atoms with Gasteiger partial charge in [0, 0.05) is 5.54 Å². The Morgan fingerprint density at radius 2 is 1.69 bits per heavy atom. The van der Waals surface area contributed by atoms with E-state index in [0.717, 1.165) is 32.1 Å². The summed E-state index contributed by atoms with van der Waals surface area (Å²) in [7, 11) is 0. The number of nitrogens with one attached hydrogen (secondary N) is 2. The van der Waals surface area contributed by atoms with Gasteiger partial charge in [-0.3, -0.25) is 14.9 Å². The van der Waals surface area contributed by atoms with E-state index in [1.165, 1.54) is 6.92 Å². The molecule has 4 fully saturated rings. The number of hydrogen-bond donors (Lipinski definition) is 3. The quantitative estimate of drug-likeness (QED) is 0.662. The molecule has 0 spiro atoms. The fraction of sp³-hybridized carbons (Fsp3) is 0.842. The first-order chi connectivity index (χ1) is 11.9. The molecule has 0 aromatic rings. The molecule has 4 saturated carbocycles. The summed E-state index contributed by atoms with van der Waals surface area (Å²) in [6.07, 6.45) is 3.41. The normalized spacial score (nSPS) is 36.3. The van der Waals surface area contributed by atoms with Gasteiger partial charge in [-0.25, -0.2) is 4.79 Å². The number of hydrogen-bond acceptors (Lipinski definition) is 5. The van der Waals surface area contributed by atoms with Gasteiger partial charge in [0.2, 0.25) is 0 Å². The highest BCUT2D eigenvalue weighted by Gasteiger charge is 2.61. The predicted molar refractivity (Wildman–Crippen MR) is 94.0 cm³/mol. The molecule has 5 atom stereocenters. The first kappa shape index (κ1) is 19.1. The third-order valence-electron chi connectivity index (χ3n) is 5.84. The van der Waals surface area contributed by atoms with Crippen molar-refractivity contribution < 1.29 is 24.2 Å². The minimum absolute atomic E-state index is 0.357. The third-order valence-corrected chi connectivity index (χ3v) is 5.84. The van der Waals surface area contributed by atoms with E-state index in [9.17, 15) is 19.5 Å². The van der Waals surface area contributed by atoms with E-state index in [-0.39, 0.29) is 0 Å². The van der Waals surface area contributed by atoms with Gasteiger partial charge in [-0.2, -0.15) is 0 Å². The zero-order chi connectivity index (χ0) is 19.3. The Kier molecular flexibility index (Phi) is 4.58. The molecule has 4 aliphatic rings. The molecule has 0 saturated heterocycles. The first-order valence-corrected chi connectivity index (χ1v) is 9.46. The van der Waals surface area contributed by atoms with Gasteiger partial charge >= 0.3 is 12.0 Å². The molecule has 7 heteroatoms. The molecule has 4 aliphatic carbocycles. The Bertz CT molecular complexity index is 610. The van der Waals surface area contributed by atoms with E-state index in [1.54, 1.807) is 20.8 Å². The number of esters is 1. The first-order valence-electron chi connectivity index (χ1n) is 9.46. The maximum absolute atomic E-state index is 12.9. The van der Waals surface area contributed by atoms with Gasteiger partial charge in [0.25, 0.3) is 5.91 Å². The molecule has 146 valence electrons. The Hall–Kier alpha value is -1.63. The van der Waals surface area contributed by atoms with Crippen molar-refractivity contribution in [1.82, 2.24) is 10.6 Å². The molecular weight excluding hydrogens is 336 g/mol. The molecular formula is C19H30N2O5. The van der Waals surface area contributed by atoms with Crippen molar-refractivity contribution in [1.29, 1.82) is 0 Å². The number of urea groups is 1. The van der Waals surface area contributed by atoms with Crippen LogP contribution >= 0.6 is 0 Å². The van der Waals surface area contributed by atoms with Crippen LogP contribution < -0.4 is 10.6 Å². The number of imide groups is 1. The largest absolute Gasteiger partial charge is 0.452 e. The smallest absolute Gasteiger partial charge is 0.321 e. The fourth-order valence-electron chi connectivity index (χ4n) is 5.38. The molecule has 3 amide bonds. The fourth-order valence-corrected chi connectivity index (χ4v) is 5.38. The molecule has 2 unspecified atom stereocenters. The van der Waals surface area contributed by atoms with Crippen molar-refractivity contribution >= 4 is 17.9 Å². The van der Waals surface area contributed by atoms with Gasteiger partial charge < -0.3 is 15.2 Å². The molecule has 0 aromatic heterocycles. The van der Waals surface area contributed by atoms with E-state index in [0.29, 0.717) is 18.3 Å². The molecule has 0 radical (unpaired) electrons. The summed E-state index contributed by atoms with van der Waals surface area (Å²) in [6, 6.07) is -0.616. The lowest BCUT2D eigenvalue weighted by Crippen LogP contribution is -2.59. The lowest BCUT2D eigenvalue weighted by atomic mass is 9.48. The monoisotopic (exact) mass is 366 g/mol. The maximum atomic E-state index is 12.9. The van der Waals surface area contributed by atoms with E-state index in [1.807, 2.05) is 0 Å². The molecule has 0 heterocycles. The second-order valence-corrected chi connectivity index (χ2v) is 9.71. The zero-order valence-corrected chi connectivity index (χ0v) is 16.1. The molecule has 4 bridgehead atoms. The molecule has 0 aliphatic heterocycles. The van der Waals surface area contributed by atoms with Crippen LogP contribution in [0, 0.1) is 17.3 Å². The van der Waals surface area contributed by atoms with Crippen molar-refractivity contribution in [3.05, 3.63) is 0 Å². The summed E-state index contributed by atoms with van der Waals surface area (Å²) in [6.45, 7) is 6.88. The molecule has 0 aromatic carbocycles. The van der Waals surface area contributed by atoms with Crippen molar-refractivity contribution in [3.63, 3.8) is 0 Å². The Labute approximate surface area is 154 Å². The van der Waals surface area contributed by atoms with Crippen molar-refractivity contribution in [2.75, 3.05) is 0 Å². The summed E-state index contributed by atoms with van der Waals surface area (Å²) in [5.74, 6) is -0.349. The van der Waals surface area contributed by atoms with Crippen molar-refractivity contribution in [2.24, 2.45) is 17.3 Å². The van der Waals surface area contributed by atoms with Crippen LogP contribution in [-0.4, -0.2) is 40.3 Å². The summed E-state index contributed by atoms with van der Waals surface area (Å²) in [5, 5.41) is 15.6. The Balaban J connectivity index is 1.59. The number of carbonyl (C=O) groups is 3. The van der Waals surface area contributed by atoms with Crippen molar-refractivity contribution in [2.45, 2.75) is 83.5 Å². The number of ether oxygens (including phenoxy) is 1. The second-order valence-electron chi connectivity index (χ2n) is 9.71. The van der Waals surface area contributed by atoms with E-state index in [4.69, 9.17) is 4.74 Å². The highest BCUT2D eigenvalue weighted by molar-refractivity contribution is 5.97. The highest BCUT2D eigenvalue weighted by Crippen LogP contribution is 2.62. The van der Waals surface area contributed by atoms with Crippen LogP contribution in [0.5, 0.6) is 0 Å². The van der Waals surface area contributed by atoms with Crippen LogP contribution in [0.25, 0.3) is 0 Å².